The zero-order valence-corrected chi connectivity index (χ0v) is 14.0. The summed E-state index contributed by atoms with van der Waals surface area (Å²) in [5.74, 6) is 0. The Morgan fingerprint density at radius 1 is 0.750 bits per heavy atom. The molecule has 0 aliphatic carbocycles. The number of hydrogen-bond acceptors (Lipinski definition) is 1. The van der Waals surface area contributed by atoms with Gasteiger partial charge in [-0.05, 0) is 23.6 Å². The molecular formula is C22H24NO+. The molecule has 2 atom stereocenters. The Kier molecular flexibility index (Phi) is 5.42. The van der Waals surface area contributed by atoms with Crippen LogP contribution in [0.1, 0.15) is 24.2 Å². The van der Waals surface area contributed by atoms with E-state index in [-0.39, 0.29) is 6.04 Å². The topological polar surface area (TPSA) is 36.8 Å². The Morgan fingerprint density at radius 3 is 1.92 bits per heavy atom. The van der Waals surface area contributed by atoms with Crippen molar-refractivity contribution < 1.29 is 10.4 Å². The molecule has 0 aliphatic rings. The number of aliphatic hydroxyl groups excluding tert-OH is 1. The summed E-state index contributed by atoms with van der Waals surface area (Å²) in [6.45, 7) is 2.93. The Balaban J connectivity index is 1.59. The van der Waals surface area contributed by atoms with Crippen molar-refractivity contribution in [3.63, 3.8) is 0 Å². The van der Waals surface area contributed by atoms with Crippen LogP contribution in [0.2, 0.25) is 0 Å². The van der Waals surface area contributed by atoms with Crippen LogP contribution in [0.25, 0.3) is 11.1 Å². The van der Waals surface area contributed by atoms with Gasteiger partial charge in [0.1, 0.15) is 18.7 Å². The Morgan fingerprint density at radius 2 is 1.29 bits per heavy atom. The normalized spacial score (nSPS) is 13.4. The number of aliphatic hydroxyl groups is 1. The van der Waals surface area contributed by atoms with Gasteiger partial charge >= 0.3 is 0 Å². The van der Waals surface area contributed by atoms with Crippen LogP contribution in [0.5, 0.6) is 0 Å². The van der Waals surface area contributed by atoms with Crippen LogP contribution in [0.4, 0.5) is 0 Å². The highest BCUT2D eigenvalue weighted by Crippen LogP contribution is 2.19. The number of quaternary nitrogens is 1. The van der Waals surface area contributed by atoms with Gasteiger partial charge in [0, 0.05) is 5.56 Å². The number of rotatable bonds is 6. The highest BCUT2D eigenvalue weighted by molar-refractivity contribution is 5.63. The molecule has 0 amide bonds. The molecule has 0 saturated heterocycles. The molecule has 0 bridgehead atoms. The van der Waals surface area contributed by atoms with E-state index in [1.807, 2.05) is 36.4 Å². The first-order valence-electron chi connectivity index (χ1n) is 8.45. The number of benzene rings is 3. The molecule has 2 nitrogen and oxygen atoms in total. The SMILES string of the molecule is C[C@@H]([NH2+]Cc1ccc(-c2ccccc2)cc1)[C@H](O)c1ccccc1. The van der Waals surface area contributed by atoms with Gasteiger partial charge in [0.15, 0.2) is 0 Å². The summed E-state index contributed by atoms with van der Waals surface area (Å²) >= 11 is 0. The van der Waals surface area contributed by atoms with Gasteiger partial charge < -0.3 is 10.4 Å². The largest absolute Gasteiger partial charge is 0.382 e. The second-order valence-corrected chi connectivity index (χ2v) is 6.22. The third-order valence-corrected chi connectivity index (χ3v) is 4.43. The highest BCUT2D eigenvalue weighted by atomic mass is 16.3. The molecule has 3 aromatic carbocycles. The molecule has 0 saturated carbocycles. The first kappa shape index (κ1) is 16.4. The maximum Gasteiger partial charge on any atom is 0.130 e. The minimum Gasteiger partial charge on any atom is -0.382 e. The highest BCUT2D eigenvalue weighted by Gasteiger charge is 2.18. The molecule has 3 N–H and O–H groups in total. The van der Waals surface area contributed by atoms with E-state index >= 15 is 0 Å². The van der Waals surface area contributed by atoms with Crippen LogP contribution < -0.4 is 5.32 Å². The van der Waals surface area contributed by atoms with Gasteiger partial charge in [0.25, 0.3) is 0 Å². The zero-order chi connectivity index (χ0) is 16.8. The molecule has 0 spiro atoms. The lowest BCUT2D eigenvalue weighted by Crippen LogP contribution is -2.88. The molecule has 3 rings (SSSR count). The summed E-state index contributed by atoms with van der Waals surface area (Å²) in [5.41, 5.74) is 4.71. The molecule has 122 valence electrons. The van der Waals surface area contributed by atoms with Crippen LogP contribution in [0.3, 0.4) is 0 Å². The maximum atomic E-state index is 10.4. The van der Waals surface area contributed by atoms with E-state index in [9.17, 15) is 5.11 Å². The quantitative estimate of drug-likeness (QED) is 0.716. The summed E-state index contributed by atoms with van der Waals surface area (Å²) in [4.78, 5) is 0. The van der Waals surface area contributed by atoms with Gasteiger partial charge in [-0.2, -0.15) is 0 Å². The van der Waals surface area contributed by atoms with Crippen LogP contribution >= 0.6 is 0 Å². The predicted molar refractivity (Wildman–Crippen MR) is 98.4 cm³/mol. The van der Waals surface area contributed by atoms with Gasteiger partial charge in [0.05, 0.1) is 0 Å². The average Bonchev–Trinajstić information content (AvgIpc) is 2.67. The second-order valence-electron chi connectivity index (χ2n) is 6.22. The van der Waals surface area contributed by atoms with Crippen molar-refractivity contribution in [2.75, 3.05) is 0 Å². The fraction of sp³-hybridized carbons (Fsp3) is 0.182. The lowest BCUT2D eigenvalue weighted by Gasteiger charge is -2.18. The minimum absolute atomic E-state index is 0.112. The third kappa shape index (κ3) is 4.10. The van der Waals surface area contributed by atoms with Crippen LogP contribution in [-0.4, -0.2) is 11.1 Å². The summed E-state index contributed by atoms with van der Waals surface area (Å²) < 4.78 is 0. The standard InChI is InChI=1S/C22H23NO/c1-17(22(24)21-10-6-3-7-11-21)23-16-18-12-14-20(15-13-18)19-8-4-2-5-9-19/h2-15,17,22-24H,16H2,1H3/p+1/t17-,22+/m1/s1. The Labute approximate surface area is 143 Å². The van der Waals surface area contributed by atoms with Crippen molar-refractivity contribution in [2.45, 2.75) is 25.6 Å². The van der Waals surface area contributed by atoms with E-state index in [2.05, 4.69) is 60.8 Å². The number of nitrogens with two attached hydrogens (primary N) is 1. The van der Waals surface area contributed by atoms with E-state index in [0.717, 1.165) is 12.1 Å². The summed E-state index contributed by atoms with van der Waals surface area (Å²) in [6.07, 6.45) is -0.449. The molecule has 2 heteroatoms. The molecule has 24 heavy (non-hydrogen) atoms. The molecular weight excluding hydrogens is 294 g/mol. The van der Waals surface area contributed by atoms with Crippen molar-refractivity contribution >= 4 is 0 Å². The first-order valence-corrected chi connectivity index (χ1v) is 8.45. The fourth-order valence-corrected chi connectivity index (χ4v) is 2.87. The van der Waals surface area contributed by atoms with Crippen LogP contribution in [0, 0.1) is 0 Å². The van der Waals surface area contributed by atoms with Gasteiger partial charge in [-0.1, -0.05) is 84.9 Å². The molecule has 0 unspecified atom stereocenters. The van der Waals surface area contributed by atoms with E-state index in [1.54, 1.807) is 0 Å². The van der Waals surface area contributed by atoms with Crippen molar-refractivity contribution in [3.8, 4) is 11.1 Å². The Hall–Kier alpha value is -2.42. The van der Waals surface area contributed by atoms with E-state index in [0.29, 0.717) is 0 Å². The smallest absolute Gasteiger partial charge is 0.130 e. The molecule has 0 heterocycles. The van der Waals surface area contributed by atoms with Gasteiger partial charge in [-0.15, -0.1) is 0 Å². The lowest BCUT2D eigenvalue weighted by atomic mass is 10.0. The molecule has 0 aliphatic heterocycles. The zero-order valence-electron chi connectivity index (χ0n) is 14.0. The van der Waals surface area contributed by atoms with Crippen molar-refractivity contribution in [1.29, 1.82) is 0 Å². The van der Waals surface area contributed by atoms with E-state index in [4.69, 9.17) is 0 Å². The maximum absolute atomic E-state index is 10.4. The van der Waals surface area contributed by atoms with E-state index < -0.39 is 6.10 Å². The van der Waals surface area contributed by atoms with Gasteiger partial charge in [0.2, 0.25) is 0 Å². The third-order valence-electron chi connectivity index (χ3n) is 4.43. The van der Waals surface area contributed by atoms with Crippen molar-refractivity contribution in [3.05, 3.63) is 96.1 Å². The first-order chi connectivity index (χ1) is 11.7. The summed E-state index contributed by atoms with van der Waals surface area (Å²) in [5, 5.41) is 12.6. The van der Waals surface area contributed by atoms with Crippen LogP contribution in [-0.2, 0) is 6.54 Å². The molecule has 0 radical (unpaired) electrons. The average molecular weight is 318 g/mol. The van der Waals surface area contributed by atoms with Crippen molar-refractivity contribution in [1.82, 2.24) is 0 Å². The summed E-state index contributed by atoms with van der Waals surface area (Å²) in [7, 11) is 0. The fourth-order valence-electron chi connectivity index (χ4n) is 2.87. The molecule has 0 fully saturated rings. The van der Waals surface area contributed by atoms with Crippen LogP contribution in [0.15, 0.2) is 84.9 Å². The molecule has 0 aromatic heterocycles. The number of hydrogen-bond donors (Lipinski definition) is 2. The van der Waals surface area contributed by atoms with Gasteiger partial charge in [-0.25, -0.2) is 0 Å². The van der Waals surface area contributed by atoms with E-state index in [1.165, 1.54) is 16.7 Å². The Bertz CT molecular complexity index is 738. The lowest BCUT2D eigenvalue weighted by molar-refractivity contribution is -0.709. The van der Waals surface area contributed by atoms with Gasteiger partial charge in [-0.3, -0.25) is 0 Å². The summed E-state index contributed by atoms with van der Waals surface area (Å²) in [6, 6.07) is 29.0. The van der Waals surface area contributed by atoms with Crippen molar-refractivity contribution in [2.24, 2.45) is 0 Å². The molecule has 3 aromatic rings. The minimum atomic E-state index is -0.449. The second kappa shape index (κ2) is 7.91. The monoisotopic (exact) mass is 318 g/mol. The predicted octanol–water partition coefficient (Wildman–Crippen LogP) is 3.54.